The molecule has 0 saturated carbocycles. The molecule has 0 amide bonds. The molecule has 0 aliphatic heterocycles. The molecule has 2 aromatic rings. The molecule has 0 bridgehead atoms. The lowest BCUT2D eigenvalue weighted by Gasteiger charge is -2.27. The zero-order valence-corrected chi connectivity index (χ0v) is 11.7. The Morgan fingerprint density at radius 3 is 2.61 bits per heavy atom. The van der Waals surface area contributed by atoms with E-state index in [-0.39, 0.29) is 5.52 Å². The Kier molecular flexibility index (Phi) is 4.03. The van der Waals surface area contributed by atoms with Crippen molar-refractivity contribution in [3.63, 3.8) is 0 Å². The number of non-ortho nitro benzene ring substituents is 1. The van der Waals surface area contributed by atoms with E-state index in [1.54, 1.807) is 0 Å². The average Bonchev–Trinajstić information content (AvgIpc) is 2.89. The molecule has 2 rings (SSSR count). The smallest absolute Gasteiger partial charge is 0.432 e. The Hall–Kier alpha value is -2.62. The number of hydrogen-bond acceptors (Lipinski definition) is 5. The summed E-state index contributed by atoms with van der Waals surface area (Å²) in [5.41, 5.74) is -5.70. The summed E-state index contributed by atoms with van der Waals surface area (Å²) in [6.07, 6.45) is -4.72. The number of carbonyl (C=O) groups excluding carboxylic acids is 1. The molecule has 0 saturated heterocycles. The number of nitro groups is 1. The van der Waals surface area contributed by atoms with Crippen LogP contribution in [0.2, 0.25) is 0 Å². The quantitative estimate of drug-likeness (QED) is 0.508. The van der Waals surface area contributed by atoms with Gasteiger partial charge in [-0.05, 0) is 13.0 Å². The molecule has 1 heterocycles. The molecule has 23 heavy (non-hydrogen) atoms. The van der Waals surface area contributed by atoms with Crippen molar-refractivity contribution in [2.75, 3.05) is 6.61 Å². The van der Waals surface area contributed by atoms with Crippen molar-refractivity contribution in [2.45, 2.75) is 18.7 Å². The van der Waals surface area contributed by atoms with Crippen LogP contribution in [0.25, 0.3) is 10.9 Å². The maximum atomic E-state index is 13.4. The standard InChI is InChI=1S/C13H11F3N2O5/c1-2-23-11(19)12(20,13(14,15)16)7-6-17-8-4-3-5-9(10(7)8)18(21)22/h3-6,17,20H,2H2,1H3. The van der Waals surface area contributed by atoms with Gasteiger partial charge in [0.1, 0.15) is 0 Å². The predicted molar refractivity (Wildman–Crippen MR) is 71.5 cm³/mol. The van der Waals surface area contributed by atoms with Gasteiger partial charge in [-0.3, -0.25) is 10.1 Å². The summed E-state index contributed by atoms with van der Waals surface area (Å²) in [5, 5.41) is 20.6. The number of aliphatic hydroxyl groups is 1. The van der Waals surface area contributed by atoms with Crippen molar-refractivity contribution in [1.29, 1.82) is 0 Å². The van der Waals surface area contributed by atoms with Crippen LogP contribution in [0.5, 0.6) is 0 Å². The number of carbonyl (C=O) groups is 1. The molecular formula is C13H11F3N2O5. The van der Waals surface area contributed by atoms with Gasteiger partial charge in [0, 0.05) is 17.8 Å². The predicted octanol–water partition coefficient (Wildman–Crippen LogP) is 2.39. The normalized spacial score (nSPS) is 14.5. The average molecular weight is 332 g/mol. The highest BCUT2D eigenvalue weighted by Crippen LogP contribution is 2.44. The summed E-state index contributed by atoms with van der Waals surface area (Å²) in [4.78, 5) is 24.3. The zero-order chi connectivity index (χ0) is 17.4. The Morgan fingerprint density at radius 1 is 1.43 bits per heavy atom. The number of aromatic nitrogens is 1. The summed E-state index contributed by atoms with van der Waals surface area (Å²) in [6.45, 7) is 0.869. The topological polar surface area (TPSA) is 105 Å². The number of halogens is 3. The van der Waals surface area contributed by atoms with Crippen LogP contribution in [0.1, 0.15) is 12.5 Å². The highest BCUT2D eigenvalue weighted by atomic mass is 19.4. The summed E-state index contributed by atoms with van der Waals surface area (Å²) in [7, 11) is 0. The van der Waals surface area contributed by atoms with Crippen molar-refractivity contribution in [3.05, 3.63) is 40.1 Å². The molecule has 1 atom stereocenters. The molecule has 1 unspecified atom stereocenters. The summed E-state index contributed by atoms with van der Waals surface area (Å²) in [5.74, 6) is -1.95. The van der Waals surface area contributed by atoms with Gasteiger partial charge >= 0.3 is 12.1 Å². The second-order valence-corrected chi connectivity index (χ2v) is 4.59. The third-order valence-corrected chi connectivity index (χ3v) is 3.25. The SMILES string of the molecule is CCOC(=O)C(O)(c1c[nH]c2cccc([N+](=O)[O-])c12)C(F)(F)F. The lowest BCUT2D eigenvalue weighted by atomic mass is 9.92. The van der Waals surface area contributed by atoms with Crippen molar-refractivity contribution in [1.82, 2.24) is 4.98 Å². The van der Waals surface area contributed by atoms with Gasteiger partial charge < -0.3 is 14.8 Å². The van der Waals surface area contributed by atoms with Crippen molar-refractivity contribution < 1.29 is 32.7 Å². The number of nitro benzene ring substituents is 1. The largest absolute Gasteiger partial charge is 0.463 e. The Morgan fingerprint density at radius 2 is 2.09 bits per heavy atom. The number of ether oxygens (including phenoxy) is 1. The number of alkyl halides is 3. The van der Waals surface area contributed by atoms with E-state index in [0.29, 0.717) is 6.20 Å². The van der Waals surface area contributed by atoms with Crippen LogP contribution in [0.4, 0.5) is 18.9 Å². The molecule has 0 spiro atoms. The summed E-state index contributed by atoms with van der Waals surface area (Å²) >= 11 is 0. The molecule has 1 aromatic carbocycles. The number of benzene rings is 1. The van der Waals surface area contributed by atoms with Gasteiger partial charge in [0.25, 0.3) is 11.3 Å². The number of H-pyrrole nitrogens is 1. The first-order valence-electron chi connectivity index (χ1n) is 6.35. The van der Waals surface area contributed by atoms with E-state index in [4.69, 9.17) is 0 Å². The third kappa shape index (κ3) is 2.50. The minimum atomic E-state index is -5.43. The first kappa shape index (κ1) is 16.7. The highest BCUT2D eigenvalue weighted by Gasteiger charge is 2.63. The highest BCUT2D eigenvalue weighted by molar-refractivity contribution is 5.97. The number of rotatable bonds is 4. The molecule has 124 valence electrons. The molecule has 2 N–H and O–H groups in total. The van der Waals surface area contributed by atoms with Gasteiger partial charge in [0.05, 0.1) is 22.4 Å². The minimum Gasteiger partial charge on any atom is -0.463 e. The second-order valence-electron chi connectivity index (χ2n) is 4.59. The van der Waals surface area contributed by atoms with E-state index in [1.807, 2.05) is 0 Å². The lowest BCUT2D eigenvalue weighted by Crippen LogP contribution is -2.50. The van der Waals surface area contributed by atoms with Crippen molar-refractivity contribution in [3.8, 4) is 0 Å². The molecular weight excluding hydrogens is 321 g/mol. The van der Waals surface area contributed by atoms with Gasteiger partial charge in [-0.25, -0.2) is 4.79 Å². The Labute approximate surface area is 126 Å². The molecule has 0 aliphatic rings. The Bertz CT molecular complexity index is 771. The minimum absolute atomic E-state index is 0.0267. The van der Waals surface area contributed by atoms with Gasteiger partial charge in [-0.2, -0.15) is 13.2 Å². The van der Waals surface area contributed by atoms with E-state index in [9.17, 15) is 33.2 Å². The maximum absolute atomic E-state index is 13.4. The van der Waals surface area contributed by atoms with Gasteiger partial charge in [-0.15, -0.1) is 0 Å². The number of fused-ring (bicyclic) bond motifs is 1. The molecule has 1 aromatic heterocycles. The number of aromatic amines is 1. The second kappa shape index (κ2) is 5.54. The van der Waals surface area contributed by atoms with Gasteiger partial charge in [0.15, 0.2) is 0 Å². The van der Waals surface area contributed by atoms with Crippen LogP contribution in [0, 0.1) is 10.1 Å². The van der Waals surface area contributed by atoms with Crippen molar-refractivity contribution in [2.24, 2.45) is 0 Å². The summed E-state index contributed by atoms with van der Waals surface area (Å²) < 4.78 is 44.4. The van der Waals surface area contributed by atoms with Crippen LogP contribution < -0.4 is 0 Å². The van der Waals surface area contributed by atoms with E-state index in [2.05, 4.69) is 9.72 Å². The molecule has 0 aliphatic carbocycles. The molecule has 7 nitrogen and oxygen atoms in total. The monoisotopic (exact) mass is 332 g/mol. The maximum Gasteiger partial charge on any atom is 0.432 e. The molecule has 0 radical (unpaired) electrons. The van der Waals surface area contributed by atoms with E-state index >= 15 is 0 Å². The van der Waals surface area contributed by atoms with Crippen LogP contribution >= 0.6 is 0 Å². The zero-order valence-electron chi connectivity index (χ0n) is 11.7. The van der Waals surface area contributed by atoms with E-state index < -0.39 is 45.9 Å². The first-order valence-corrected chi connectivity index (χ1v) is 6.35. The number of hydrogen-bond donors (Lipinski definition) is 2. The van der Waals surface area contributed by atoms with Crippen LogP contribution in [-0.4, -0.2) is 33.8 Å². The summed E-state index contributed by atoms with van der Waals surface area (Å²) in [6, 6.07) is 3.52. The first-order chi connectivity index (χ1) is 10.6. The fraction of sp³-hybridized carbons (Fsp3) is 0.308. The van der Waals surface area contributed by atoms with E-state index in [0.717, 1.165) is 6.07 Å². The number of nitrogens with zero attached hydrogens (tertiary/aromatic N) is 1. The molecule has 10 heteroatoms. The Balaban J connectivity index is 2.82. The third-order valence-electron chi connectivity index (χ3n) is 3.25. The fourth-order valence-electron chi connectivity index (χ4n) is 2.22. The van der Waals surface area contributed by atoms with Gasteiger partial charge in [-0.1, -0.05) is 6.07 Å². The van der Waals surface area contributed by atoms with Crippen LogP contribution in [-0.2, 0) is 15.1 Å². The molecule has 0 fully saturated rings. The van der Waals surface area contributed by atoms with Crippen LogP contribution in [0.3, 0.4) is 0 Å². The van der Waals surface area contributed by atoms with Crippen LogP contribution in [0.15, 0.2) is 24.4 Å². The van der Waals surface area contributed by atoms with Crippen molar-refractivity contribution >= 4 is 22.6 Å². The fourth-order valence-corrected chi connectivity index (χ4v) is 2.22. The number of nitrogens with one attached hydrogen (secondary N) is 1. The van der Waals surface area contributed by atoms with Gasteiger partial charge in [0.2, 0.25) is 0 Å². The lowest BCUT2D eigenvalue weighted by molar-refractivity contribution is -0.383. The van der Waals surface area contributed by atoms with E-state index in [1.165, 1.54) is 19.1 Å². The number of esters is 1.